The maximum Gasteiger partial charge on any atom is 0.258 e. The summed E-state index contributed by atoms with van der Waals surface area (Å²) >= 11 is 0. The molecule has 0 atom stereocenters. The predicted molar refractivity (Wildman–Crippen MR) is 146 cm³/mol. The molecule has 0 bridgehead atoms. The molecule has 1 saturated heterocycles. The number of nitrogens with zero attached hydrogens (tertiary/aromatic N) is 5. The molecule has 0 unspecified atom stereocenters. The lowest BCUT2D eigenvalue weighted by atomic mass is 9.99. The summed E-state index contributed by atoms with van der Waals surface area (Å²) in [6.07, 6.45) is 6.19. The van der Waals surface area contributed by atoms with Gasteiger partial charge in [0.1, 0.15) is 5.82 Å². The van der Waals surface area contributed by atoms with Crippen LogP contribution >= 0.6 is 0 Å². The van der Waals surface area contributed by atoms with Gasteiger partial charge in [-0.3, -0.25) is 4.79 Å². The highest BCUT2D eigenvalue weighted by atomic mass is 16.3. The first-order chi connectivity index (χ1) is 17.3. The number of carbonyl (C=O) groups excluding carboxylic acids is 1. The maximum absolute atomic E-state index is 13.4. The molecule has 1 aliphatic rings. The Morgan fingerprint density at radius 1 is 1.17 bits per heavy atom. The quantitative estimate of drug-likeness (QED) is 0.234. The molecule has 3 rings (SSSR count). The Morgan fingerprint density at radius 3 is 2.47 bits per heavy atom. The first-order valence-corrected chi connectivity index (χ1v) is 12.5. The van der Waals surface area contributed by atoms with Crippen molar-refractivity contribution < 1.29 is 9.55 Å². The topological polar surface area (TPSA) is 92.4 Å². The third-order valence-electron chi connectivity index (χ3n) is 6.35. The summed E-state index contributed by atoms with van der Waals surface area (Å²) in [4.78, 5) is 27.7. The summed E-state index contributed by atoms with van der Waals surface area (Å²) in [6.45, 7) is 6.49. The van der Waals surface area contributed by atoms with Gasteiger partial charge in [-0.15, -0.1) is 0 Å². The van der Waals surface area contributed by atoms with Crippen molar-refractivity contribution in [1.82, 2.24) is 5.01 Å². The average Bonchev–Trinajstić information content (AvgIpc) is 2.87. The SMILES string of the molecule is CCC/C=C(\Nc1ccc([N+](C)=O)cc1C(=O)Nc1ccc(N2CCC(C)CC2)cc1)N(C)N=NC. The minimum absolute atomic E-state index is 0.310. The van der Waals surface area contributed by atoms with Gasteiger partial charge in [-0.25, -0.2) is 5.01 Å². The van der Waals surface area contributed by atoms with Crippen LogP contribution < -0.4 is 15.5 Å². The van der Waals surface area contributed by atoms with E-state index in [9.17, 15) is 9.70 Å². The molecule has 1 fully saturated rings. The number of hydrogen-bond donors (Lipinski definition) is 2. The standard InChI is InChI=1S/C27H37N7O2/c1-6-7-8-26(32(4)31-28-3)30-25-14-13-23(33(5)36)19-24(25)27(35)29-21-9-11-22(12-10-21)34-17-15-20(2)16-18-34/h8-14,19-20H,6-7,15-18H2,1-5H3,(H-,29,30,35,36)/p+1/b26-8+,31-28?. The molecule has 1 aliphatic heterocycles. The third kappa shape index (κ3) is 7.13. The van der Waals surface area contributed by atoms with E-state index in [-0.39, 0.29) is 5.91 Å². The summed E-state index contributed by atoms with van der Waals surface area (Å²) in [5.74, 6) is 1.16. The predicted octanol–water partition coefficient (Wildman–Crippen LogP) is 6.20. The minimum atomic E-state index is -0.310. The number of benzene rings is 2. The van der Waals surface area contributed by atoms with Gasteiger partial charge in [-0.2, -0.15) is 5.11 Å². The molecule has 9 heteroatoms. The monoisotopic (exact) mass is 492 g/mol. The van der Waals surface area contributed by atoms with Crippen LogP contribution in [-0.2, 0) is 0 Å². The number of anilines is 3. The molecule has 0 radical (unpaired) electrons. The van der Waals surface area contributed by atoms with Crippen molar-refractivity contribution in [3.8, 4) is 0 Å². The summed E-state index contributed by atoms with van der Waals surface area (Å²) in [5.41, 5.74) is 3.17. The zero-order valence-electron chi connectivity index (χ0n) is 22.0. The zero-order valence-corrected chi connectivity index (χ0v) is 22.0. The van der Waals surface area contributed by atoms with Crippen molar-refractivity contribution >= 4 is 28.7 Å². The molecule has 0 spiro atoms. The van der Waals surface area contributed by atoms with E-state index in [0.717, 1.165) is 42.3 Å². The lowest BCUT2D eigenvalue weighted by Gasteiger charge is -2.32. The Morgan fingerprint density at radius 2 is 1.86 bits per heavy atom. The highest BCUT2D eigenvalue weighted by Gasteiger charge is 2.20. The number of amides is 1. The average molecular weight is 493 g/mol. The van der Waals surface area contributed by atoms with Crippen LogP contribution in [0.4, 0.5) is 22.7 Å². The summed E-state index contributed by atoms with van der Waals surface area (Å²) in [7, 11) is 4.79. The largest absolute Gasteiger partial charge is 0.372 e. The molecule has 0 saturated carbocycles. The van der Waals surface area contributed by atoms with Crippen molar-refractivity contribution in [3.63, 3.8) is 0 Å². The first-order valence-electron chi connectivity index (χ1n) is 12.5. The first kappa shape index (κ1) is 26.8. The molecule has 36 heavy (non-hydrogen) atoms. The maximum atomic E-state index is 13.4. The van der Waals surface area contributed by atoms with Crippen molar-refractivity contribution in [1.29, 1.82) is 0 Å². The van der Waals surface area contributed by atoms with E-state index in [2.05, 4.69) is 39.7 Å². The summed E-state index contributed by atoms with van der Waals surface area (Å²) in [5, 5.41) is 15.8. The van der Waals surface area contributed by atoms with E-state index in [1.807, 2.05) is 30.3 Å². The van der Waals surface area contributed by atoms with E-state index in [0.29, 0.717) is 28.4 Å². The van der Waals surface area contributed by atoms with Crippen LogP contribution in [0.15, 0.2) is 64.7 Å². The van der Waals surface area contributed by atoms with Gasteiger partial charge in [-0.05, 0) is 61.6 Å². The van der Waals surface area contributed by atoms with Crippen molar-refractivity contribution in [2.24, 2.45) is 16.3 Å². The smallest absolute Gasteiger partial charge is 0.258 e. The molecule has 1 heterocycles. The Kier molecular flexibility index (Phi) is 9.55. The second kappa shape index (κ2) is 12.8. The van der Waals surface area contributed by atoms with Crippen molar-refractivity contribution in [2.75, 3.05) is 49.8 Å². The molecule has 9 nitrogen and oxygen atoms in total. The van der Waals surface area contributed by atoms with Crippen LogP contribution in [0.25, 0.3) is 0 Å². The number of carbonyl (C=O) groups is 1. The number of allylic oxidation sites excluding steroid dienone is 1. The van der Waals surface area contributed by atoms with Gasteiger partial charge < -0.3 is 15.5 Å². The number of hydrogen-bond acceptors (Lipinski definition) is 6. The van der Waals surface area contributed by atoms with Crippen LogP contribution in [0.3, 0.4) is 0 Å². The Balaban J connectivity index is 1.83. The minimum Gasteiger partial charge on any atom is -0.372 e. The van der Waals surface area contributed by atoms with Crippen LogP contribution in [-0.4, -0.2) is 49.9 Å². The van der Waals surface area contributed by atoms with Gasteiger partial charge in [0.05, 0.1) is 18.3 Å². The number of nitrogens with one attached hydrogen (secondary N) is 2. The van der Waals surface area contributed by atoms with Gasteiger partial charge >= 0.3 is 0 Å². The Bertz CT molecular complexity index is 1100. The molecule has 2 N–H and O–H groups in total. The van der Waals surface area contributed by atoms with Gasteiger partial charge in [0.2, 0.25) is 0 Å². The van der Waals surface area contributed by atoms with Crippen LogP contribution in [0.2, 0.25) is 0 Å². The van der Waals surface area contributed by atoms with Gasteiger partial charge in [0.25, 0.3) is 11.6 Å². The highest BCUT2D eigenvalue weighted by Crippen LogP contribution is 2.27. The fourth-order valence-electron chi connectivity index (χ4n) is 4.11. The molecule has 0 aliphatic carbocycles. The van der Waals surface area contributed by atoms with Crippen LogP contribution in [0, 0.1) is 10.8 Å². The van der Waals surface area contributed by atoms with Crippen molar-refractivity contribution in [3.05, 3.63) is 64.8 Å². The Labute approximate surface area is 213 Å². The second-order valence-electron chi connectivity index (χ2n) is 9.21. The third-order valence-corrected chi connectivity index (χ3v) is 6.35. The van der Waals surface area contributed by atoms with E-state index >= 15 is 0 Å². The highest BCUT2D eigenvalue weighted by molar-refractivity contribution is 6.08. The molecular weight excluding hydrogens is 454 g/mol. The second-order valence-corrected chi connectivity index (χ2v) is 9.21. The van der Waals surface area contributed by atoms with Gasteiger partial charge in [-0.1, -0.05) is 25.5 Å². The molecule has 2 aromatic carbocycles. The van der Waals surface area contributed by atoms with E-state index in [4.69, 9.17) is 0 Å². The Hall–Kier alpha value is -3.75. The molecule has 2 aromatic rings. The summed E-state index contributed by atoms with van der Waals surface area (Å²) < 4.78 is 0.736. The fourth-order valence-corrected chi connectivity index (χ4v) is 4.11. The van der Waals surface area contributed by atoms with Gasteiger partial charge in [0.15, 0.2) is 7.05 Å². The van der Waals surface area contributed by atoms with Gasteiger partial charge in [0, 0.05) is 53.3 Å². The van der Waals surface area contributed by atoms with Crippen molar-refractivity contribution in [2.45, 2.75) is 39.5 Å². The molecule has 1 amide bonds. The zero-order chi connectivity index (χ0) is 26.1. The lowest BCUT2D eigenvalue weighted by Crippen LogP contribution is -2.32. The fraction of sp³-hybridized carbons (Fsp3) is 0.444. The summed E-state index contributed by atoms with van der Waals surface area (Å²) in [6, 6.07) is 12.9. The van der Waals surface area contributed by atoms with E-state index in [1.165, 1.54) is 19.9 Å². The molecule has 192 valence electrons. The van der Waals surface area contributed by atoms with E-state index in [1.54, 1.807) is 37.3 Å². The number of nitroso groups, excluding NO2 is 1. The lowest BCUT2D eigenvalue weighted by molar-refractivity contribution is -0.428. The number of piperidine rings is 1. The normalized spacial score (nSPS) is 14.7. The van der Waals surface area contributed by atoms with Crippen LogP contribution in [0.1, 0.15) is 49.9 Å². The van der Waals surface area contributed by atoms with E-state index < -0.39 is 0 Å². The molecular formula is C27H38N7O2+. The number of unbranched alkanes of at least 4 members (excludes halogenated alkanes) is 1. The molecule has 0 aromatic heterocycles. The number of rotatable bonds is 10. The van der Waals surface area contributed by atoms with Crippen LogP contribution in [0.5, 0.6) is 0 Å².